The molecule has 0 aromatic carbocycles. The van der Waals surface area contributed by atoms with Crippen molar-refractivity contribution in [3.05, 3.63) is 18.2 Å². The smallest absolute Gasteiger partial charge is 0.269 e. The van der Waals surface area contributed by atoms with E-state index < -0.39 is 0 Å². The Bertz CT molecular complexity index is 278. The maximum Gasteiger partial charge on any atom is 0.269 e. The minimum atomic E-state index is -0.0787. The Morgan fingerprint density at radius 1 is 1.67 bits per heavy atom. The van der Waals surface area contributed by atoms with Gasteiger partial charge in [-0.15, -0.1) is 0 Å². The number of amides is 1. The van der Waals surface area contributed by atoms with Crippen molar-refractivity contribution in [2.75, 3.05) is 0 Å². The highest BCUT2D eigenvalue weighted by atomic mass is 16.2. The molecule has 1 heterocycles. The van der Waals surface area contributed by atoms with E-state index in [0.717, 1.165) is 0 Å². The van der Waals surface area contributed by atoms with Crippen LogP contribution in [0.2, 0.25) is 0 Å². The van der Waals surface area contributed by atoms with Crippen molar-refractivity contribution in [2.45, 2.75) is 19.9 Å². The van der Waals surface area contributed by atoms with Gasteiger partial charge in [0.1, 0.15) is 5.69 Å². The Morgan fingerprint density at radius 3 is 2.75 bits per heavy atom. The standard InChI is InChI=1S/C8H13N3O/c1-6(2)10-8(12)7-4-9-5-11(7)3/h4-6H,1-3H3,(H,10,12). The van der Waals surface area contributed by atoms with Gasteiger partial charge in [0.15, 0.2) is 0 Å². The summed E-state index contributed by atoms with van der Waals surface area (Å²) in [5, 5.41) is 2.79. The molecule has 1 amide bonds. The lowest BCUT2D eigenvalue weighted by Gasteiger charge is -2.07. The SMILES string of the molecule is CC(C)NC(=O)c1cncn1C. The minimum Gasteiger partial charge on any atom is -0.349 e. The first-order valence-electron chi connectivity index (χ1n) is 3.88. The summed E-state index contributed by atoms with van der Waals surface area (Å²) in [4.78, 5) is 15.2. The van der Waals surface area contributed by atoms with Crippen LogP contribution in [0.25, 0.3) is 0 Å². The number of nitrogens with zero attached hydrogens (tertiary/aromatic N) is 2. The third kappa shape index (κ3) is 1.84. The number of rotatable bonds is 2. The van der Waals surface area contributed by atoms with E-state index in [1.165, 1.54) is 0 Å². The molecule has 0 aliphatic rings. The molecule has 4 heteroatoms. The number of aryl methyl sites for hydroxylation is 1. The van der Waals surface area contributed by atoms with Gasteiger partial charge >= 0.3 is 0 Å². The Kier molecular flexibility index (Phi) is 2.47. The summed E-state index contributed by atoms with van der Waals surface area (Å²) < 4.78 is 1.69. The van der Waals surface area contributed by atoms with E-state index in [1.54, 1.807) is 24.1 Å². The van der Waals surface area contributed by atoms with Crippen LogP contribution in [0.3, 0.4) is 0 Å². The monoisotopic (exact) mass is 167 g/mol. The van der Waals surface area contributed by atoms with Crippen LogP contribution in [0.15, 0.2) is 12.5 Å². The molecule has 1 aromatic rings. The average molecular weight is 167 g/mol. The quantitative estimate of drug-likeness (QED) is 0.699. The lowest BCUT2D eigenvalue weighted by atomic mass is 10.3. The van der Waals surface area contributed by atoms with Crippen LogP contribution in [0.1, 0.15) is 24.3 Å². The van der Waals surface area contributed by atoms with Crippen molar-refractivity contribution in [3.8, 4) is 0 Å². The topological polar surface area (TPSA) is 46.9 Å². The van der Waals surface area contributed by atoms with Crippen LogP contribution in [-0.4, -0.2) is 21.5 Å². The number of hydrogen-bond donors (Lipinski definition) is 1. The summed E-state index contributed by atoms with van der Waals surface area (Å²) in [6, 6.07) is 0.160. The lowest BCUT2D eigenvalue weighted by Crippen LogP contribution is -2.31. The second-order valence-electron chi connectivity index (χ2n) is 3.02. The number of aromatic nitrogens is 2. The highest BCUT2D eigenvalue weighted by Gasteiger charge is 2.09. The summed E-state index contributed by atoms with van der Waals surface area (Å²) >= 11 is 0. The molecule has 0 atom stereocenters. The van der Waals surface area contributed by atoms with Gasteiger partial charge in [0.25, 0.3) is 5.91 Å². The van der Waals surface area contributed by atoms with Crippen LogP contribution in [0.4, 0.5) is 0 Å². The Labute approximate surface area is 71.6 Å². The van der Waals surface area contributed by atoms with E-state index in [9.17, 15) is 4.79 Å². The Hall–Kier alpha value is -1.32. The fourth-order valence-electron chi connectivity index (χ4n) is 0.912. The van der Waals surface area contributed by atoms with Crippen molar-refractivity contribution in [1.82, 2.24) is 14.9 Å². The van der Waals surface area contributed by atoms with Crippen molar-refractivity contribution in [1.29, 1.82) is 0 Å². The van der Waals surface area contributed by atoms with E-state index in [2.05, 4.69) is 10.3 Å². The van der Waals surface area contributed by atoms with E-state index in [0.29, 0.717) is 5.69 Å². The third-order valence-electron chi connectivity index (χ3n) is 1.47. The Balaban J connectivity index is 2.72. The maximum absolute atomic E-state index is 11.4. The van der Waals surface area contributed by atoms with Crippen LogP contribution < -0.4 is 5.32 Å². The van der Waals surface area contributed by atoms with Gasteiger partial charge in [-0.25, -0.2) is 4.98 Å². The molecular weight excluding hydrogens is 154 g/mol. The predicted octanol–water partition coefficient (Wildman–Crippen LogP) is 0.558. The van der Waals surface area contributed by atoms with E-state index in [4.69, 9.17) is 0 Å². The van der Waals surface area contributed by atoms with Crippen molar-refractivity contribution in [2.24, 2.45) is 7.05 Å². The average Bonchev–Trinajstić information content (AvgIpc) is 2.33. The van der Waals surface area contributed by atoms with Gasteiger partial charge in [0, 0.05) is 13.1 Å². The number of hydrogen-bond acceptors (Lipinski definition) is 2. The number of carbonyl (C=O) groups excluding carboxylic acids is 1. The Morgan fingerprint density at radius 2 is 2.33 bits per heavy atom. The number of carbonyl (C=O) groups is 1. The predicted molar refractivity (Wildman–Crippen MR) is 45.8 cm³/mol. The summed E-state index contributed by atoms with van der Waals surface area (Å²) in [5.41, 5.74) is 0.587. The molecule has 0 aliphatic heterocycles. The second kappa shape index (κ2) is 3.38. The summed E-state index contributed by atoms with van der Waals surface area (Å²) in [5.74, 6) is -0.0787. The van der Waals surface area contributed by atoms with Gasteiger partial charge < -0.3 is 9.88 Å². The molecular formula is C8H13N3O. The van der Waals surface area contributed by atoms with Crippen LogP contribution in [-0.2, 0) is 7.05 Å². The normalized spacial score (nSPS) is 10.3. The fraction of sp³-hybridized carbons (Fsp3) is 0.500. The van der Waals surface area contributed by atoms with E-state index in [-0.39, 0.29) is 11.9 Å². The molecule has 1 aromatic heterocycles. The van der Waals surface area contributed by atoms with Crippen LogP contribution in [0.5, 0.6) is 0 Å². The first kappa shape index (κ1) is 8.77. The molecule has 0 fully saturated rings. The zero-order valence-corrected chi connectivity index (χ0v) is 7.53. The van der Waals surface area contributed by atoms with Gasteiger partial charge in [-0.3, -0.25) is 4.79 Å². The largest absolute Gasteiger partial charge is 0.349 e. The van der Waals surface area contributed by atoms with Crippen molar-refractivity contribution < 1.29 is 4.79 Å². The van der Waals surface area contributed by atoms with Crippen molar-refractivity contribution in [3.63, 3.8) is 0 Å². The number of nitrogens with one attached hydrogen (secondary N) is 1. The molecule has 0 saturated heterocycles. The molecule has 66 valence electrons. The lowest BCUT2D eigenvalue weighted by molar-refractivity contribution is 0.0935. The summed E-state index contributed by atoms with van der Waals surface area (Å²) in [7, 11) is 1.79. The number of imidazole rings is 1. The van der Waals surface area contributed by atoms with Gasteiger partial charge in [0.05, 0.1) is 12.5 Å². The van der Waals surface area contributed by atoms with E-state index in [1.807, 2.05) is 13.8 Å². The molecule has 0 radical (unpaired) electrons. The van der Waals surface area contributed by atoms with Crippen molar-refractivity contribution >= 4 is 5.91 Å². The molecule has 0 saturated carbocycles. The summed E-state index contributed by atoms with van der Waals surface area (Å²) in [6.45, 7) is 3.85. The fourth-order valence-corrected chi connectivity index (χ4v) is 0.912. The zero-order valence-electron chi connectivity index (χ0n) is 7.53. The molecule has 1 rings (SSSR count). The van der Waals surface area contributed by atoms with Gasteiger partial charge in [0.2, 0.25) is 0 Å². The zero-order chi connectivity index (χ0) is 9.14. The maximum atomic E-state index is 11.4. The molecule has 0 unspecified atom stereocenters. The molecule has 0 spiro atoms. The minimum absolute atomic E-state index is 0.0787. The van der Waals surface area contributed by atoms with E-state index >= 15 is 0 Å². The highest BCUT2D eigenvalue weighted by molar-refractivity contribution is 5.92. The first-order valence-corrected chi connectivity index (χ1v) is 3.88. The van der Waals surface area contributed by atoms with Crippen LogP contribution in [0, 0.1) is 0 Å². The molecule has 12 heavy (non-hydrogen) atoms. The van der Waals surface area contributed by atoms with Gasteiger partial charge in [-0.05, 0) is 13.8 Å². The van der Waals surface area contributed by atoms with Gasteiger partial charge in [-0.2, -0.15) is 0 Å². The molecule has 1 N–H and O–H groups in total. The highest BCUT2D eigenvalue weighted by Crippen LogP contribution is 1.96. The molecule has 4 nitrogen and oxygen atoms in total. The summed E-state index contributed by atoms with van der Waals surface area (Å²) in [6.07, 6.45) is 3.16. The first-order chi connectivity index (χ1) is 5.61. The third-order valence-corrected chi connectivity index (χ3v) is 1.47. The second-order valence-corrected chi connectivity index (χ2v) is 3.02. The van der Waals surface area contributed by atoms with Crippen LogP contribution >= 0.6 is 0 Å². The molecule has 0 aliphatic carbocycles. The van der Waals surface area contributed by atoms with Gasteiger partial charge in [-0.1, -0.05) is 0 Å². The molecule has 0 bridgehead atoms.